The van der Waals surface area contributed by atoms with Gasteiger partial charge in [-0.15, -0.1) is 0 Å². The molecule has 1 aromatic heterocycles. The highest BCUT2D eigenvalue weighted by molar-refractivity contribution is 5.96. The molecule has 0 saturated carbocycles. The Morgan fingerprint density at radius 1 is 1.18 bits per heavy atom. The summed E-state index contributed by atoms with van der Waals surface area (Å²) in [7, 11) is 0. The van der Waals surface area contributed by atoms with Crippen LogP contribution >= 0.6 is 0 Å². The average molecular weight is 447 g/mol. The first-order chi connectivity index (χ1) is 16.1. The van der Waals surface area contributed by atoms with E-state index in [1.807, 2.05) is 30.6 Å². The lowest BCUT2D eigenvalue weighted by Crippen LogP contribution is -2.43. The standard InChI is InChI=1S/C24H26N6O3/c1-16-25-13-20-8-7-19(15-30(16)20)22-27-24(33-28-22)18-9-11-29(12-10-18)21(31)14-26-23(32)17-5-3-2-4-6-17/h2-8,13,15-16,18,25H,9-12,14H2,1H3,(H,26,32). The fourth-order valence-electron chi connectivity index (χ4n) is 4.26. The number of rotatable bonds is 5. The van der Waals surface area contributed by atoms with Crippen molar-refractivity contribution in [3.05, 3.63) is 77.9 Å². The molecule has 2 aromatic rings. The van der Waals surface area contributed by atoms with Crippen molar-refractivity contribution in [2.24, 2.45) is 0 Å². The molecule has 33 heavy (non-hydrogen) atoms. The number of carbonyl (C=O) groups is 2. The van der Waals surface area contributed by atoms with Gasteiger partial charge in [-0.3, -0.25) is 9.59 Å². The van der Waals surface area contributed by atoms with Gasteiger partial charge in [-0.1, -0.05) is 23.4 Å². The highest BCUT2D eigenvalue weighted by Crippen LogP contribution is 2.30. The fourth-order valence-corrected chi connectivity index (χ4v) is 4.26. The van der Waals surface area contributed by atoms with Crippen LogP contribution in [0.25, 0.3) is 5.57 Å². The Balaban J connectivity index is 1.14. The number of piperidine rings is 1. The molecule has 170 valence electrons. The molecule has 0 bridgehead atoms. The van der Waals surface area contributed by atoms with Crippen molar-refractivity contribution in [2.45, 2.75) is 31.8 Å². The van der Waals surface area contributed by atoms with Crippen LogP contribution in [0.4, 0.5) is 0 Å². The molecule has 1 aromatic carbocycles. The van der Waals surface area contributed by atoms with Gasteiger partial charge in [-0.2, -0.15) is 4.98 Å². The fraction of sp³-hybridized carbons (Fsp3) is 0.333. The van der Waals surface area contributed by atoms with E-state index in [1.54, 1.807) is 29.2 Å². The first-order valence-electron chi connectivity index (χ1n) is 11.2. The molecule has 4 heterocycles. The van der Waals surface area contributed by atoms with E-state index in [0.29, 0.717) is 30.4 Å². The van der Waals surface area contributed by atoms with Gasteiger partial charge in [-0.05, 0) is 44.1 Å². The van der Waals surface area contributed by atoms with E-state index in [2.05, 4.69) is 32.6 Å². The Morgan fingerprint density at radius 3 is 2.76 bits per heavy atom. The van der Waals surface area contributed by atoms with Crippen molar-refractivity contribution in [1.29, 1.82) is 0 Å². The van der Waals surface area contributed by atoms with Gasteiger partial charge in [0.1, 0.15) is 0 Å². The molecule has 5 rings (SSSR count). The zero-order chi connectivity index (χ0) is 22.8. The number of hydrogen-bond donors (Lipinski definition) is 2. The van der Waals surface area contributed by atoms with Crippen LogP contribution < -0.4 is 10.6 Å². The number of benzene rings is 1. The maximum Gasteiger partial charge on any atom is 0.251 e. The molecule has 9 nitrogen and oxygen atoms in total. The Labute approximate surface area is 191 Å². The number of amides is 2. The Morgan fingerprint density at radius 2 is 1.97 bits per heavy atom. The van der Waals surface area contributed by atoms with Crippen molar-refractivity contribution < 1.29 is 14.1 Å². The second kappa shape index (κ2) is 8.93. The minimum atomic E-state index is -0.245. The lowest BCUT2D eigenvalue weighted by atomic mass is 9.96. The summed E-state index contributed by atoms with van der Waals surface area (Å²) < 4.78 is 5.57. The maximum atomic E-state index is 12.5. The van der Waals surface area contributed by atoms with Crippen molar-refractivity contribution in [3.8, 4) is 0 Å². The van der Waals surface area contributed by atoms with Crippen LogP contribution in [0.1, 0.15) is 47.8 Å². The maximum absolute atomic E-state index is 12.5. The molecule has 3 aliphatic heterocycles. The molecule has 0 spiro atoms. The third-order valence-electron chi connectivity index (χ3n) is 6.23. The lowest BCUT2D eigenvalue weighted by molar-refractivity contribution is -0.131. The van der Waals surface area contributed by atoms with Crippen LogP contribution in [0.2, 0.25) is 0 Å². The third kappa shape index (κ3) is 4.39. The molecule has 9 heteroatoms. The quantitative estimate of drug-likeness (QED) is 0.726. The molecular weight excluding hydrogens is 420 g/mol. The molecular formula is C24H26N6O3. The van der Waals surface area contributed by atoms with Gasteiger partial charge in [-0.25, -0.2) is 0 Å². The van der Waals surface area contributed by atoms with Gasteiger partial charge in [0.15, 0.2) is 0 Å². The summed E-state index contributed by atoms with van der Waals surface area (Å²) in [5, 5.41) is 10.2. The summed E-state index contributed by atoms with van der Waals surface area (Å²) >= 11 is 0. The van der Waals surface area contributed by atoms with E-state index < -0.39 is 0 Å². The molecule has 1 atom stereocenters. The molecule has 1 unspecified atom stereocenters. The summed E-state index contributed by atoms with van der Waals surface area (Å²) in [6, 6.07) is 8.89. The van der Waals surface area contributed by atoms with E-state index in [0.717, 1.165) is 24.1 Å². The van der Waals surface area contributed by atoms with Crippen LogP contribution in [0.5, 0.6) is 0 Å². The van der Waals surface area contributed by atoms with Crippen LogP contribution in [0, 0.1) is 0 Å². The van der Waals surface area contributed by atoms with E-state index in [1.165, 1.54) is 0 Å². The molecule has 3 aliphatic rings. The second-order valence-electron chi connectivity index (χ2n) is 8.40. The zero-order valence-corrected chi connectivity index (χ0v) is 18.4. The Kier molecular flexibility index (Phi) is 5.68. The smallest absolute Gasteiger partial charge is 0.251 e. The highest BCUT2D eigenvalue weighted by Gasteiger charge is 2.29. The monoisotopic (exact) mass is 446 g/mol. The van der Waals surface area contributed by atoms with Crippen molar-refractivity contribution in [3.63, 3.8) is 0 Å². The van der Waals surface area contributed by atoms with Crippen LogP contribution in [-0.4, -0.2) is 57.6 Å². The van der Waals surface area contributed by atoms with Crippen LogP contribution in [0.15, 0.2) is 65.1 Å². The molecule has 0 aliphatic carbocycles. The predicted octanol–water partition coefficient (Wildman–Crippen LogP) is 2.21. The van der Waals surface area contributed by atoms with E-state index in [9.17, 15) is 9.59 Å². The first-order valence-corrected chi connectivity index (χ1v) is 11.2. The number of aromatic nitrogens is 2. The summed E-state index contributed by atoms with van der Waals surface area (Å²) in [4.78, 5) is 33.2. The number of nitrogens with one attached hydrogen (secondary N) is 2. The molecule has 1 fully saturated rings. The molecule has 1 saturated heterocycles. The number of likely N-dealkylation sites (tertiary alicyclic amines) is 1. The number of nitrogens with zero attached hydrogens (tertiary/aromatic N) is 4. The number of allylic oxidation sites excluding steroid dienone is 3. The van der Waals surface area contributed by atoms with Crippen LogP contribution in [-0.2, 0) is 4.79 Å². The van der Waals surface area contributed by atoms with Crippen molar-refractivity contribution in [1.82, 2.24) is 30.6 Å². The van der Waals surface area contributed by atoms with Crippen molar-refractivity contribution >= 4 is 17.4 Å². The summed E-state index contributed by atoms with van der Waals surface area (Å²) in [5.74, 6) is 0.966. The summed E-state index contributed by atoms with van der Waals surface area (Å²) in [6.45, 7) is 3.26. The Hall–Kier alpha value is -3.88. The largest absolute Gasteiger partial charge is 0.369 e. The van der Waals surface area contributed by atoms with Gasteiger partial charge in [0.25, 0.3) is 5.91 Å². The van der Waals surface area contributed by atoms with Gasteiger partial charge in [0.05, 0.1) is 18.4 Å². The van der Waals surface area contributed by atoms with Crippen LogP contribution in [0.3, 0.4) is 0 Å². The van der Waals surface area contributed by atoms with Crippen molar-refractivity contribution in [2.75, 3.05) is 19.6 Å². The highest BCUT2D eigenvalue weighted by atomic mass is 16.5. The number of fused-ring (bicyclic) bond motifs is 1. The first kappa shape index (κ1) is 21.0. The number of hydrogen-bond acceptors (Lipinski definition) is 7. The zero-order valence-electron chi connectivity index (χ0n) is 18.4. The van der Waals surface area contributed by atoms with Gasteiger partial charge < -0.3 is 25.0 Å². The van der Waals surface area contributed by atoms with Gasteiger partial charge >= 0.3 is 0 Å². The minimum absolute atomic E-state index is 0.0101. The van der Waals surface area contributed by atoms with E-state index >= 15 is 0 Å². The predicted molar refractivity (Wildman–Crippen MR) is 121 cm³/mol. The molecule has 2 amide bonds. The summed E-state index contributed by atoms with van der Waals surface area (Å²) in [6.07, 6.45) is 9.70. The van der Waals surface area contributed by atoms with E-state index in [-0.39, 0.29) is 30.4 Å². The summed E-state index contributed by atoms with van der Waals surface area (Å²) in [5.41, 5.74) is 2.55. The topological polar surface area (TPSA) is 104 Å². The Bertz CT molecular complexity index is 1130. The minimum Gasteiger partial charge on any atom is -0.369 e. The van der Waals surface area contributed by atoms with E-state index in [4.69, 9.17) is 4.52 Å². The third-order valence-corrected chi connectivity index (χ3v) is 6.23. The second-order valence-corrected chi connectivity index (χ2v) is 8.40. The van der Waals surface area contributed by atoms with Gasteiger partial charge in [0, 0.05) is 42.5 Å². The lowest BCUT2D eigenvalue weighted by Gasteiger charge is -2.30. The molecule has 0 radical (unpaired) electrons. The SMILES string of the molecule is CC1NC=C2C=CC(c3noc(C4CCN(C(=O)CNC(=O)c5ccccc5)CC4)n3)=CN21. The average Bonchev–Trinajstić information content (AvgIpc) is 3.50. The normalized spacial score (nSPS) is 20.1. The molecule has 2 N–H and O–H groups in total. The van der Waals surface area contributed by atoms with Gasteiger partial charge in [0.2, 0.25) is 17.6 Å². The number of carbonyl (C=O) groups excluding carboxylic acids is 2.